The second-order valence-corrected chi connectivity index (χ2v) is 4.02. The lowest BCUT2D eigenvalue weighted by atomic mass is 10.3. The van der Waals surface area contributed by atoms with Gasteiger partial charge in [-0.25, -0.2) is 4.98 Å². The van der Waals surface area contributed by atoms with Gasteiger partial charge in [0.2, 0.25) is 5.88 Å². The minimum Gasteiger partial charge on any atom is -0.480 e. The Kier molecular flexibility index (Phi) is 3.41. The molecular formula is C7H4Br2F3NO. The number of ether oxygens (including phenoxy) is 1. The van der Waals surface area contributed by atoms with Crippen molar-refractivity contribution in [2.45, 2.75) is 6.18 Å². The Morgan fingerprint density at radius 3 is 2.29 bits per heavy atom. The molecule has 1 aromatic heterocycles. The molecule has 78 valence electrons. The summed E-state index contributed by atoms with van der Waals surface area (Å²) in [5.41, 5.74) is -1.00. The van der Waals surface area contributed by atoms with E-state index < -0.39 is 11.9 Å². The molecule has 14 heavy (non-hydrogen) atoms. The summed E-state index contributed by atoms with van der Waals surface area (Å²) in [7, 11) is 1.25. The quantitative estimate of drug-likeness (QED) is 0.782. The molecule has 0 radical (unpaired) electrons. The Morgan fingerprint density at radius 1 is 1.29 bits per heavy atom. The third-order valence-electron chi connectivity index (χ3n) is 1.36. The van der Waals surface area contributed by atoms with Crippen LogP contribution >= 0.6 is 31.9 Å². The van der Waals surface area contributed by atoms with Crippen molar-refractivity contribution in [3.8, 4) is 5.88 Å². The first-order valence-corrected chi connectivity index (χ1v) is 4.92. The van der Waals surface area contributed by atoms with E-state index in [2.05, 4.69) is 41.6 Å². The van der Waals surface area contributed by atoms with Gasteiger partial charge in [-0.05, 0) is 37.9 Å². The van der Waals surface area contributed by atoms with E-state index in [4.69, 9.17) is 0 Å². The number of hydrogen-bond acceptors (Lipinski definition) is 2. The third kappa shape index (κ3) is 2.38. The number of hydrogen-bond donors (Lipinski definition) is 0. The fraction of sp³-hybridized carbons (Fsp3) is 0.286. The van der Waals surface area contributed by atoms with Gasteiger partial charge in [-0.1, -0.05) is 0 Å². The van der Waals surface area contributed by atoms with Crippen LogP contribution in [0.5, 0.6) is 5.88 Å². The monoisotopic (exact) mass is 333 g/mol. The van der Waals surface area contributed by atoms with Gasteiger partial charge in [0, 0.05) is 4.47 Å². The highest BCUT2D eigenvalue weighted by Crippen LogP contribution is 2.37. The van der Waals surface area contributed by atoms with E-state index in [1.807, 2.05) is 0 Å². The van der Waals surface area contributed by atoms with Gasteiger partial charge in [-0.2, -0.15) is 13.2 Å². The third-order valence-corrected chi connectivity index (χ3v) is 2.53. The molecule has 0 aliphatic carbocycles. The lowest BCUT2D eigenvalue weighted by Crippen LogP contribution is -2.10. The van der Waals surface area contributed by atoms with Crippen LogP contribution in [0.1, 0.15) is 5.69 Å². The van der Waals surface area contributed by atoms with E-state index in [1.54, 1.807) is 0 Å². The van der Waals surface area contributed by atoms with Crippen molar-refractivity contribution in [3.63, 3.8) is 0 Å². The van der Waals surface area contributed by atoms with Crippen molar-refractivity contribution in [3.05, 3.63) is 20.7 Å². The molecule has 0 amide bonds. The van der Waals surface area contributed by atoms with Gasteiger partial charge in [0.1, 0.15) is 0 Å². The average molecular weight is 335 g/mol. The Bertz CT molecular complexity index is 354. The van der Waals surface area contributed by atoms with Gasteiger partial charge < -0.3 is 4.74 Å². The summed E-state index contributed by atoms with van der Waals surface area (Å²) in [4.78, 5) is 3.32. The highest BCUT2D eigenvalue weighted by molar-refractivity contribution is 9.11. The predicted octanol–water partition coefficient (Wildman–Crippen LogP) is 3.63. The van der Waals surface area contributed by atoms with Crippen molar-refractivity contribution in [1.29, 1.82) is 0 Å². The minimum atomic E-state index is -4.49. The van der Waals surface area contributed by atoms with E-state index in [-0.39, 0.29) is 10.4 Å². The molecule has 7 heteroatoms. The molecule has 1 heterocycles. The molecule has 0 fully saturated rings. The van der Waals surface area contributed by atoms with Gasteiger partial charge in [0.15, 0.2) is 5.69 Å². The van der Waals surface area contributed by atoms with E-state index in [1.165, 1.54) is 13.2 Å². The molecule has 0 aromatic carbocycles. The molecule has 0 unspecified atom stereocenters. The van der Waals surface area contributed by atoms with Crippen LogP contribution in [0.15, 0.2) is 15.0 Å². The molecule has 0 saturated carbocycles. The number of halogens is 5. The maximum atomic E-state index is 12.3. The number of nitrogens with zero attached hydrogens (tertiary/aromatic N) is 1. The molecule has 0 bridgehead atoms. The van der Waals surface area contributed by atoms with Crippen molar-refractivity contribution >= 4 is 31.9 Å². The second-order valence-electron chi connectivity index (χ2n) is 2.31. The van der Waals surface area contributed by atoms with Gasteiger partial charge in [0.25, 0.3) is 0 Å². The standard InChI is InChI=1S/C7H4Br2F3NO/c1-14-6-4(9)2-3(8)5(13-6)7(10,11)12/h2H,1H3. The molecule has 0 saturated heterocycles. The maximum Gasteiger partial charge on any atom is 0.434 e. The highest BCUT2D eigenvalue weighted by Gasteiger charge is 2.36. The first kappa shape index (κ1) is 11.8. The van der Waals surface area contributed by atoms with Crippen molar-refractivity contribution in [2.24, 2.45) is 0 Å². The van der Waals surface area contributed by atoms with Crippen LogP contribution in [0.4, 0.5) is 13.2 Å². The molecule has 2 nitrogen and oxygen atoms in total. The van der Waals surface area contributed by atoms with Crippen molar-refractivity contribution in [1.82, 2.24) is 4.98 Å². The molecule has 1 aromatic rings. The topological polar surface area (TPSA) is 22.1 Å². The number of rotatable bonds is 1. The molecule has 0 N–H and O–H groups in total. The van der Waals surface area contributed by atoms with Gasteiger partial charge >= 0.3 is 6.18 Å². The van der Waals surface area contributed by atoms with Gasteiger partial charge in [-0.3, -0.25) is 0 Å². The summed E-state index contributed by atoms with van der Waals surface area (Å²) < 4.78 is 41.9. The molecule has 0 atom stereocenters. The Hall–Kier alpha value is -0.300. The van der Waals surface area contributed by atoms with Crippen LogP contribution in [0.25, 0.3) is 0 Å². The minimum absolute atomic E-state index is 0.0967. The molecule has 1 rings (SSSR count). The zero-order chi connectivity index (χ0) is 10.9. The fourth-order valence-corrected chi connectivity index (χ4v) is 2.12. The summed E-state index contributed by atoms with van der Waals surface area (Å²) in [5.74, 6) is -0.0967. The molecule has 0 aliphatic rings. The van der Waals surface area contributed by atoms with Crippen LogP contribution in [0.3, 0.4) is 0 Å². The largest absolute Gasteiger partial charge is 0.480 e. The Morgan fingerprint density at radius 2 is 1.86 bits per heavy atom. The summed E-state index contributed by atoms with van der Waals surface area (Å²) in [6.45, 7) is 0. The van der Waals surface area contributed by atoms with Crippen LogP contribution < -0.4 is 4.74 Å². The molecule has 0 aliphatic heterocycles. The fourth-order valence-electron chi connectivity index (χ4n) is 0.792. The lowest BCUT2D eigenvalue weighted by Gasteiger charge is -2.10. The smallest absolute Gasteiger partial charge is 0.434 e. The first-order chi connectivity index (χ1) is 6.36. The zero-order valence-corrected chi connectivity index (χ0v) is 9.99. The number of pyridine rings is 1. The summed E-state index contributed by atoms with van der Waals surface area (Å²) in [6, 6.07) is 1.24. The highest BCUT2D eigenvalue weighted by atomic mass is 79.9. The van der Waals surface area contributed by atoms with Crippen LogP contribution in [0, 0.1) is 0 Å². The van der Waals surface area contributed by atoms with Crippen LogP contribution in [0.2, 0.25) is 0 Å². The average Bonchev–Trinajstić information content (AvgIpc) is 2.02. The van der Waals surface area contributed by atoms with Crippen molar-refractivity contribution in [2.75, 3.05) is 7.11 Å². The summed E-state index contributed by atoms with van der Waals surface area (Å²) in [5, 5.41) is 0. The molecular weight excluding hydrogens is 331 g/mol. The zero-order valence-electron chi connectivity index (χ0n) is 6.82. The van der Waals surface area contributed by atoms with E-state index >= 15 is 0 Å². The summed E-state index contributed by atoms with van der Waals surface area (Å²) >= 11 is 5.80. The predicted molar refractivity (Wildman–Crippen MR) is 51.2 cm³/mol. The van der Waals surface area contributed by atoms with Crippen LogP contribution in [-0.4, -0.2) is 12.1 Å². The van der Waals surface area contributed by atoms with E-state index in [9.17, 15) is 13.2 Å². The van der Waals surface area contributed by atoms with E-state index in [0.29, 0.717) is 4.47 Å². The summed E-state index contributed by atoms with van der Waals surface area (Å²) in [6.07, 6.45) is -4.49. The van der Waals surface area contributed by atoms with Crippen LogP contribution in [-0.2, 0) is 6.18 Å². The maximum absolute atomic E-state index is 12.3. The second kappa shape index (κ2) is 4.06. The Labute approximate surface area is 94.7 Å². The number of alkyl halides is 3. The van der Waals surface area contributed by atoms with Gasteiger partial charge in [0.05, 0.1) is 11.6 Å². The Balaban J connectivity index is 3.32. The van der Waals surface area contributed by atoms with E-state index in [0.717, 1.165) is 0 Å². The van der Waals surface area contributed by atoms with Crippen molar-refractivity contribution < 1.29 is 17.9 Å². The SMILES string of the molecule is COc1nc(C(F)(F)F)c(Br)cc1Br. The number of methoxy groups -OCH3 is 1. The molecule has 0 spiro atoms. The van der Waals surface area contributed by atoms with Gasteiger partial charge in [-0.15, -0.1) is 0 Å². The first-order valence-electron chi connectivity index (χ1n) is 3.33. The number of aromatic nitrogens is 1. The lowest BCUT2D eigenvalue weighted by molar-refractivity contribution is -0.142. The normalized spacial score (nSPS) is 11.6.